The summed E-state index contributed by atoms with van der Waals surface area (Å²) in [5.41, 5.74) is 3.58. The maximum atomic E-state index is 14.9. The minimum absolute atomic E-state index is 0.0409. The molecule has 40 heavy (non-hydrogen) atoms. The molecule has 2 atom stereocenters. The molecule has 4 aromatic rings. The van der Waals surface area contributed by atoms with Crippen LogP contribution in [-0.2, 0) is 4.79 Å². The Morgan fingerprint density at radius 2 is 1.05 bits per heavy atom. The summed E-state index contributed by atoms with van der Waals surface area (Å²) < 4.78 is 0.263. The number of likely N-dealkylation sites (N-methyl/N-ethyl adjacent to an activating group) is 1. The summed E-state index contributed by atoms with van der Waals surface area (Å²) in [7, 11) is 4.15. The molecular weight excluding hydrogens is 490 g/mol. The number of unbranched alkanes of at least 4 members (excludes halogenated alkanes) is 3. The first-order valence-corrected chi connectivity index (χ1v) is 14.6. The van der Waals surface area contributed by atoms with Gasteiger partial charge in [-0.25, -0.2) is 0 Å². The Kier molecular flexibility index (Phi) is 10.2. The highest BCUT2D eigenvalue weighted by Crippen LogP contribution is 2.37. The molecule has 0 radical (unpaired) electrons. The van der Waals surface area contributed by atoms with Crippen molar-refractivity contribution in [2.24, 2.45) is 0 Å². The lowest BCUT2D eigenvalue weighted by molar-refractivity contribution is -0.926. The molecule has 206 valence electrons. The molecule has 0 aliphatic heterocycles. The van der Waals surface area contributed by atoms with E-state index in [-0.39, 0.29) is 22.1 Å². The molecule has 0 bridgehead atoms. The third kappa shape index (κ3) is 6.84. The molecule has 0 heterocycles. The van der Waals surface area contributed by atoms with E-state index in [9.17, 15) is 9.59 Å². The topological polar surface area (TPSA) is 34.1 Å². The highest BCUT2D eigenvalue weighted by molar-refractivity contribution is 6.00. The number of hydrogen-bond acceptors (Lipinski definition) is 2. The van der Waals surface area contributed by atoms with E-state index in [0.717, 1.165) is 48.8 Å². The van der Waals surface area contributed by atoms with Crippen LogP contribution >= 0.6 is 0 Å². The molecule has 0 aromatic heterocycles. The van der Waals surface area contributed by atoms with Gasteiger partial charge in [-0.3, -0.25) is 9.59 Å². The Hall–Kier alpha value is -3.82. The fourth-order valence-corrected chi connectivity index (χ4v) is 5.99. The van der Waals surface area contributed by atoms with Crippen LogP contribution in [0.4, 0.5) is 0 Å². The van der Waals surface area contributed by atoms with Crippen molar-refractivity contribution in [1.82, 2.24) is 0 Å². The number of hydrogen-bond donors (Lipinski definition) is 0. The lowest BCUT2D eigenvalue weighted by atomic mass is 9.81. The largest absolute Gasteiger partial charge is 0.307 e. The van der Waals surface area contributed by atoms with Gasteiger partial charge in [0.15, 0.2) is 6.04 Å². The lowest BCUT2D eigenvalue weighted by Gasteiger charge is -2.44. The Bertz CT molecular complexity index is 1290. The molecule has 0 amide bonds. The molecule has 3 heteroatoms. The molecule has 0 N–H and O–H groups in total. The second-order valence-corrected chi connectivity index (χ2v) is 11.2. The van der Waals surface area contributed by atoms with E-state index in [1.165, 1.54) is 0 Å². The fraction of sp³-hybridized carbons (Fsp3) is 0.297. The SMILES string of the molecule is CCCCCCC(C(=O)C(c1ccccc1)c1ccccc1)[N+](C)(C)C(C(=O)c1ccccc1)c1ccccc1. The zero-order chi connectivity index (χ0) is 28.4. The van der Waals surface area contributed by atoms with Crippen molar-refractivity contribution in [3.8, 4) is 0 Å². The monoisotopic (exact) mass is 532 g/mol. The molecule has 0 saturated carbocycles. The van der Waals surface area contributed by atoms with Crippen LogP contribution in [0.15, 0.2) is 121 Å². The van der Waals surface area contributed by atoms with Crippen LogP contribution in [-0.4, -0.2) is 36.2 Å². The van der Waals surface area contributed by atoms with Gasteiger partial charge in [-0.2, -0.15) is 0 Å². The molecule has 4 aromatic carbocycles. The smallest absolute Gasteiger partial charge is 0.224 e. The summed E-state index contributed by atoms with van der Waals surface area (Å²) in [6, 6.07) is 38.8. The molecule has 0 aliphatic carbocycles. The van der Waals surface area contributed by atoms with Crippen molar-refractivity contribution in [3.63, 3.8) is 0 Å². The van der Waals surface area contributed by atoms with Gasteiger partial charge >= 0.3 is 0 Å². The van der Waals surface area contributed by atoms with E-state index in [2.05, 4.69) is 21.0 Å². The maximum Gasteiger partial charge on any atom is 0.224 e. The van der Waals surface area contributed by atoms with E-state index in [4.69, 9.17) is 0 Å². The zero-order valence-corrected chi connectivity index (χ0v) is 24.1. The van der Waals surface area contributed by atoms with Gasteiger partial charge in [-0.1, -0.05) is 148 Å². The fourth-order valence-electron chi connectivity index (χ4n) is 5.99. The molecule has 3 nitrogen and oxygen atoms in total. The second-order valence-electron chi connectivity index (χ2n) is 11.2. The van der Waals surface area contributed by atoms with Crippen molar-refractivity contribution in [2.45, 2.75) is 57.0 Å². The predicted octanol–water partition coefficient (Wildman–Crippen LogP) is 8.43. The van der Waals surface area contributed by atoms with Crippen LogP contribution < -0.4 is 0 Å². The van der Waals surface area contributed by atoms with Crippen molar-refractivity contribution in [2.75, 3.05) is 14.1 Å². The minimum atomic E-state index is -0.518. The Morgan fingerprint density at radius 3 is 1.52 bits per heavy atom. The van der Waals surface area contributed by atoms with Crippen molar-refractivity contribution in [1.29, 1.82) is 0 Å². The van der Waals surface area contributed by atoms with E-state index >= 15 is 0 Å². The summed E-state index contributed by atoms with van der Waals surface area (Å²) in [6.07, 6.45) is 5.02. The second kappa shape index (κ2) is 14.0. The normalized spacial score (nSPS) is 13.1. The number of quaternary nitrogens is 1. The van der Waals surface area contributed by atoms with Crippen LogP contribution in [0.3, 0.4) is 0 Å². The number of carbonyl (C=O) groups is 2. The Morgan fingerprint density at radius 1 is 0.600 bits per heavy atom. The number of carbonyl (C=O) groups excluding carboxylic acids is 2. The van der Waals surface area contributed by atoms with Crippen LogP contribution in [0.5, 0.6) is 0 Å². The summed E-state index contributed by atoms with van der Waals surface area (Å²) in [4.78, 5) is 29.2. The number of ketones is 2. The van der Waals surface area contributed by atoms with Gasteiger partial charge in [0, 0.05) is 17.5 Å². The first-order chi connectivity index (χ1) is 19.4. The van der Waals surface area contributed by atoms with E-state index < -0.39 is 12.0 Å². The minimum Gasteiger partial charge on any atom is -0.307 e. The third-order valence-corrected chi connectivity index (χ3v) is 8.10. The molecule has 0 spiro atoms. The van der Waals surface area contributed by atoms with E-state index in [1.807, 2.05) is 121 Å². The quantitative estimate of drug-likeness (QED) is 0.0928. The highest BCUT2D eigenvalue weighted by Gasteiger charge is 2.47. The molecule has 2 unspecified atom stereocenters. The van der Waals surface area contributed by atoms with Crippen molar-refractivity contribution >= 4 is 11.6 Å². The summed E-state index contributed by atoms with van der Waals surface area (Å²) in [5.74, 6) is -0.195. The number of rotatable bonds is 14. The molecule has 0 saturated heterocycles. The zero-order valence-electron chi connectivity index (χ0n) is 24.1. The van der Waals surface area contributed by atoms with Gasteiger partial charge in [-0.05, 0) is 17.5 Å². The van der Waals surface area contributed by atoms with Gasteiger partial charge in [0.05, 0.1) is 20.0 Å². The number of Topliss-reactive ketones (excluding diaryl/α,β-unsaturated/α-hetero) is 2. The van der Waals surface area contributed by atoms with Gasteiger partial charge in [0.25, 0.3) is 0 Å². The lowest BCUT2D eigenvalue weighted by Crippen LogP contribution is -2.58. The molecule has 0 fully saturated rings. The van der Waals surface area contributed by atoms with Gasteiger partial charge in [-0.15, -0.1) is 0 Å². The van der Waals surface area contributed by atoms with Gasteiger partial charge in [0.2, 0.25) is 11.6 Å². The standard InChI is InChI=1S/C37H42NO2/c1-4-5-6-19-28-33(37(40)34(29-20-11-7-12-21-29)30-22-13-8-14-23-30)38(2,3)35(31-24-15-9-16-25-31)36(39)32-26-17-10-18-27-32/h7-18,20-27,33-35H,4-6,19,28H2,1-3H3/q+1. The van der Waals surface area contributed by atoms with Crippen LogP contribution in [0, 0.1) is 0 Å². The maximum absolute atomic E-state index is 14.9. The van der Waals surface area contributed by atoms with Gasteiger partial charge in [0.1, 0.15) is 6.04 Å². The first kappa shape index (κ1) is 29.2. The van der Waals surface area contributed by atoms with E-state index in [0.29, 0.717) is 5.56 Å². The third-order valence-electron chi connectivity index (χ3n) is 8.10. The summed E-state index contributed by atoms with van der Waals surface area (Å²) in [6.45, 7) is 2.20. The van der Waals surface area contributed by atoms with Crippen molar-refractivity contribution < 1.29 is 14.1 Å². The van der Waals surface area contributed by atoms with Crippen molar-refractivity contribution in [3.05, 3.63) is 144 Å². The number of benzene rings is 4. The molecule has 4 rings (SSSR count). The van der Waals surface area contributed by atoms with Crippen LogP contribution in [0.25, 0.3) is 0 Å². The van der Waals surface area contributed by atoms with Gasteiger partial charge < -0.3 is 4.48 Å². The average molecular weight is 533 g/mol. The summed E-state index contributed by atoms with van der Waals surface area (Å²) >= 11 is 0. The van der Waals surface area contributed by atoms with E-state index in [1.54, 1.807) is 0 Å². The Balaban J connectivity index is 1.83. The van der Waals surface area contributed by atoms with Crippen LogP contribution in [0.2, 0.25) is 0 Å². The van der Waals surface area contributed by atoms with Crippen LogP contribution in [0.1, 0.15) is 78.0 Å². The molecular formula is C37H42NO2+. The summed E-state index contributed by atoms with van der Waals surface area (Å²) in [5, 5.41) is 0. The predicted molar refractivity (Wildman–Crippen MR) is 164 cm³/mol. The first-order valence-electron chi connectivity index (χ1n) is 14.6. The highest BCUT2D eigenvalue weighted by atomic mass is 16.1. The molecule has 0 aliphatic rings. The average Bonchev–Trinajstić information content (AvgIpc) is 2.99. The Labute approximate surface area is 240 Å². The number of nitrogens with zero attached hydrogens (tertiary/aromatic N) is 1.